The predicted octanol–water partition coefficient (Wildman–Crippen LogP) is 2.54. The van der Waals surface area contributed by atoms with Crippen LogP contribution in [0.2, 0.25) is 0 Å². The monoisotopic (exact) mass is 288 g/mol. The number of esters is 2. The molecule has 0 aromatic heterocycles. The first-order valence-electron chi connectivity index (χ1n) is 6.97. The molecule has 4 heteroatoms. The van der Waals surface area contributed by atoms with E-state index in [1.54, 1.807) is 13.8 Å². The lowest BCUT2D eigenvalue weighted by Gasteiger charge is -2.23. The van der Waals surface area contributed by atoms with Gasteiger partial charge in [0.05, 0.1) is 13.2 Å². The lowest BCUT2D eigenvalue weighted by atomic mass is 9.83. The molecule has 0 aliphatic heterocycles. The van der Waals surface area contributed by atoms with E-state index in [1.807, 2.05) is 30.3 Å². The van der Waals surface area contributed by atoms with Crippen molar-refractivity contribution < 1.29 is 19.1 Å². The van der Waals surface area contributed by atoms with Crippen LogP contribution in [0.15, 0.2) is 30.3 Å². The molecule has 0 saturated carbocycles. The molecule has 1 rings (SSSR count). The molecular formula is C17H20O4. The van der Waals surface area contributed by atoms with E-state index in [0.29, 0.717) is 0 Å². The summed E-state index contributed by atoms with van der Waals surface area (Å²) in [5.41, 5.74) is 0.821. The molecule has 0 amide bonds. The van der Waals surface area contributed by atoms with E-state index in [1.165, 1.54) is 0 Å². The Morgan fingerprint density at radius 2 is 1.62 bits per heavy atom. The summed E-state index contributed by atoms with van der Waals surface area (Å²) in [7, 11) is 0. The van der Waals surface area contributed by atoms with Crippen LogP contribution in [0.5, 0.6) is 0 Å². The molecule has 0 aliphatic rings. The minimum absolute atomic E-state index is 0.201. The van der Waals surface area contributed by atoms with Crippen molar-refractivity contribution >= 4 is 11.9 Å². The van der Waals surface area contributed by atoms with Crippen molar-refractivity contribution in [3.8, 4) is 12.3 Å². The van der Waals surface area contributed by atoms with Crippen LogP contribution in [0.4, 0.5) is 0 Å². The van der Waals surface area contributed by atoms with Crippen molar-refractivity contribution in [1.29, 1.82) is 0 Å². The Kier molecular flexibility index (Phi) is 7.03. The molecule has 112 valence electrons. The number of ether oxygens (including phenoxy) is 2. The van der Waals surface area contributed by atoms with Crippen LogP contribution in [0.3, 0.4) is 0 Å². The number of hydrogen-bond acceptors (Lipinski definition) is 4. The van der Waals surface area contributed by atoms with Gasteiger partial charge in [-0.05, 0) is 19.4 Å². The SMILES string of the molecule is C#CC[C@H](c1ccccc1)C(C(=O)OCC)C(=O)OCC. The first kappa shape index (κ1) is 16.8. The summed E-state index contributed by atoms with van der Waals surface area (Å²) >= 11 is 0. The van der Waals surface area contributed by atoms with E-state index in [9.17, 15) is 9.59 Å². The van der Waals surface area contributed by atoms with Crippen molar-refractivity contribution in [3.63, 3.8) is 0 Å². The van der Waals surface area contributed by atoms with Gasteiger partial charge in [0.2, 0.25) is 0 Å². The van der Waals surface area contributed by atoms with Crippen molar-refractivity contribution in [3.05, 3.63) is 35.9 Å². The Balaban J connectivity index is 3.14. The van der Waals surface area contributed by atoms with Gasteiger partial charge < -0.3 is 9.47 Å². The van der Waals surface area contributed by atoms with Crippen LogP contribution < -0.4 is 0 Å². The smallest absolute Gasteiger partial charge is 0.320 e. The van der Waals surface area contributed by atoms with Crippen LogP contribution in [-0.4, -0.2) is 25.2 Å². The molecule has 0 bridgehead atoms. The number of rotatable bonds is 7. The summed E-state index contributed by atoms with van der Waals surface area (Å²) in [4.78, 5) is 24.3. The molecule has 0 saturated heterocycles. The quantitative estimate of drug-likeness (QED) is 0.439. The Hall–Kier alpha value is -2.28. The zero-order valence-corrected chi connectivity index (χ0v) is 12.4. The van der Waals surface area contributed by atoms with Crippen LogP contribution in [0, 0.1) is 18.3 Å². The maximum atomic E-state index is 12.2. The molecule has 1 aromatic rings. The highest BCUT2D eigenvalue weighted by atomic mass is 16.6. The Labute approximate surface area is 125 Å². The number of hydrogen-bond donors (Lipinski definition) is 0. The summed E-state index contributed by atoms with van der Waals surface area (Å²) < 4.78 is 10.0. The molecule has 0 fully saturated rings. The van der Waals surface area contributed by atoms with E-state index < -0.39 is 23.8 Å². The maximum absolute atomic E-state index is 12.2. The van der Waals surface area contributed by atoms with Gasteiger partial charge in [-0.1, -0.05) is 30.3 Å². The fourth-order valence-corrected chi connectivity index (χ4v) is 2.14. The third-order valence-electron chi connectivity index (χ3n) is 3.05. The highest BCUT2D eigenvalue weighted by Gasteiger charge is 2.37. The van der Waals surface area contributed by atoms with E-state index in [4.69, 9.17) is 15.9 Å². The predicted molar refractivity (Wildman–Crippen MR) is 79.4 cm³/mol. The number of terminal acetylenes is 1. The third-order valence-corrected chi connectivity index (χ3v) is 3.05. The second-order valence-corrected chi connectivity index (χ2v) is 4.41. The lowest BCUT2D eigenvalue weighted by molar-refractivity contribution is -0.162. The van der Waals surface area contributed by atoms with Crippen LogP contribution in [0.1, 0.15) is 31.7 Å². The number of carbonyl (C=O) groups is 2. The van der Waals surface area contributed by atoms with E-state index in [-0.39, 0.29) is 19.6 Å². The number of benzene rings is 1. The normalized spacial score (nSPS) is 11.5. The van der Waals surface area contributed by atoms with Gasteiger partial charge in [-0.25, -0.2) is 0 Å². The second-order valence-electron chi connectivity index (χ2n) is 4.41. The average Bonchev–Trinajstić information content (AvgIpc) is 2.48. The largest absolute Gasteiger partial charge is 0.465 e. The Morgan fingerprint density at radius 3 is 2.05 bits per heavy atom. The first-order chi connectivity index (χ1) is 10.2. The molecule has 0 heterocycles. The number of carbonyl (C=O) groups excluding carboxylic acids is 2. The second kappa shape index (κ2) is 8.80. The zero-order chi connectivity index (χ0) is 15.7. The molecular weight excluding hydrogens is 268 g/mol. The van der Waals surface area contributed by atoms with Gasteiger partial charge in [0.15, 0.2) is 5.92 Å². The summed E-state index contributed by atoms with van der Waals surface area (Å²) in [5, 5.41) is 0. The van der Waals surface area contributed by atoms with Gasteiger partial charge in [0.25, 0.3) is 0 Å². The first-order valence-corrected chi connectivity index (χ1v) is 6.97. The van der Waals surface area contributed by atoms with Gasteiger partial charge in [0, 0.05) is 12.3 Å². The molecule has 4 nitrogen and oxygen atoms in total. The molecule has 0 aliphatic carbocycles. The standard InChI is InChI=1S/C17H20O4/c1-4-10-14(13-11-8-7-9-12-13)15(16(18)20-5-2)17(19)21-6-3/h1,7-9,11-12,14-15H,5-6,10H2,2-3H3/t14-/m1/s1. The lowest BCUT2D eigenvalue weighted by Crippen LogP contribution is -2.33. The summed E-state index contributed by atoms with van der Waals surface area (Å²) in [5.74, 6) is -0.157. The van der Waals surface area contributed by atoms with Gasteiger partial charge in [0.1, 0.15) is 0 Å². The minimum atomic E-state index is -1.04. The van der Waals surface area contributed by atoms with E-state index >= 15 is 0 Å². The third kappa shape index (κ3) is 4.64. The highest BCUT2D eigenvalue weighted by Crippen LogP contribution is 2.30. The summed E-state index contributed by atoms with van der Waals surface area (Å²) in [6.45, 7) is 3.79. The fraction of sp³-hybridized carbons (Fsp3) is 0.412. The fourth-order valence-electron chi connectivity index (χ4n) is 2.14. The molecule has 0 unspecified atom stereocenters. The van der Waals surface area contributed by atoms with Gasteiger partial charge >= 0.3 is 11.9 Å². The van der Waals surface area contributed by atoms with Crippen molar-refractivity contribution in [2.75, 3.05) is 13.2 Å². The van der Waals surface area contributed by atoms with Crippen molar-refractivity contribution in [2.45, 2.75) is 26.2 Å². The topological polar surface area (TPSA) is 52.6 Å². The molecule has 21 heavy (non-hydrogen) atoms. The summed E-state index contributed by atoms with van der Waals surface area (Å²) in [6.07, 6.45) is 5.65. The van der Waals surface area contributed by atoms with E-state index in [2.05, 4.69) is 5.92 Å². The molecule has 1 atom stereocenters. The molecule has 0 radical (unpaired) electrons. The molecule has 0 spiro atoms. The van der Waals surface area contributed by atoms with Gasteiger partial charge in [-0.15, -0.1) is 12.3 Å². The Morgan fingerprint density at radius 1 is 1.10 bits per heavy atom. The average molecular weight is 288 g/mol. The maximum Gasteiger partial charge on any atom is 0.320 e. The highest BCUT2D eigenvalue weighted by molar-refractivity contribution is 5.96. The molecule has 0 N–H and O–H groups in total. The summed E-state index contributed by atoms with van der Waals surface area (Å²) in [6, 6.07) is 9.22. The van der Waals surface area contributed by atoms with Crippen molar-refractivity contribution in [2.24, 2.45) is 5.92 Å². The van der Waals surface area contributed by atoms with Crippen molar-refractivity contribution in [1.82, 2.24) is 0 Å². The van der Waals surface area contributed by atoms with Gasteiger partial charge in [-0.2, -0.15) is 0 Å². The molecule has 1 aromatic carbocycles. The van der Waals surface area contributed by atoms with Crippen LogP contribution in [-0.2, 0) is 19.1 Å². The van der Waals surface area contributed by atoms with Gasteiger partial charge in [-0.3, -0.25) is 9.59 Å². The van der Waals surface area contributed by atoms with E-state index in [0.717, 1.165) is 5.56 Å². The van der Waals surface area contributed by atoms with Crippen LogP contribution in [0.25, 0.3) is 0 Å². The Bertz CT molecular complexity index is 483. The minimum Gasteiger partial charge on any atom is -0.465 e. The zero-order valence-electron chi connectivity index (χ0n) is 12.4. The van der Waals surface area contributed by atoms with Crippen LogP contribution >= 0.6 is 0 Å².